The molecule has 0 saturated carbocycles. The molecule has 1 aromatic heterocycles. The van der Waals surface area contributed by atoms with Gasteiger partial charge in [-0.3, -0.25) is 4.98 Å². The van der Waals surface area contributed by atoms with Gasteiger partial charge < -0.3 is 4.90 Å². The molecule has 0 aliphatic rings. The molecule has 0 atom stereocenters. The standard InChI is InChI=1S/C13H15ClN2/c1-10-9-13(16(2)8-7-14)11-5-3-4-6-12(11)15-10/h3-6,9H,7-8H2,1-2H3. The van der Waals surface area contributed by atoms with Crippen LogP contribution in [0.25, 0.3) is 10.9 Å². The van der Waals surface area contributed by atoms with Crippen molar-refractivity contribution in [2.45, 2.75) is 6.92 Å². The van der Waals surface area contributed by atoms with Crippen LogP contribution >= 0.6 is 11.6 Å². The summed E-state index contributed by atoms with van der Waals surface area (Å²) < 4.78 is 0. The minimum absolute atomic E-state index is 0.631. The van der Waals surface area contributed by atoms with Crippen LogP contribution in [0, 0.1) is 6.92 Å². The summed E-state index contributed by atoms with van der Waals surface area (Å²) in [5.41, 5.74) is 3.28. The van der Waals surface area contributed by atoms with Crippen molar-refractivity contribution in [1.82, 2.24) is 4.98 Å². The number of halogens is 1. The zero-order valence-corrected chi connectivity index (χ0v) is 10.3. The second kappa shape index (κ2) is 4.71. The second-order valence-corrected chi connectivity index (χ2v) is 4.29. The van der Waals surface area contributed by atoms with Gasteiger partial charge in [-0.1, -0.05) is 18.2 Å². The maximum atomic E-state index is 5.78. The number of alkyl halides is 1. The largest absolute Gasteiger partial charge is 0.373 e. The molecule has 2 aromatic rings. The monoisotopic (exact) mass is 234 g/mol. The van der Waals surface area contributed by atoms with Crippen LogP contribution in [0.3, 0.4) is 0 Å². The molecule has 2 nitrogen and oxygen atoms in total. The molecule has 16 heavy (non-hydrogen) atoms. The van der Waals surface area contributed by atoms with Gasteiger partial charge in [0, 0.05) is 36.2 Å². The predicted octanol–water partition coefficient (Wildman–Crippen LogP) is 3.22. The third kappa shape index (κ3) is 2.12. The first-order chi connectivity index (χ1) is 7.72. The van der Waals surface area contributed by atoms with E-state index in [-0.39, 0.29) is 0 Å². The van der Waals surface area contributed by atoms with Crippen molar-refractivity contribution in [3.8, 4) is 0 Å². The fourth-order valence-corrected chi connectivity index (χ4v) is 2.10. The van der Waals surface area contributed by atoms with Gasteiger partial charge in [0.25, 0.3) is 0 Å². The molecule has 84 valence electrons. The second-order valence-electron chi connectivity index (χ2n) is 3.91. The van der Waals surface area contributed by atoms with E-state index in [1.165, 1.54) is 11.1 Å². The molecule has 0 N–H and O–H groups in total. The van der Waals surface area contributed by atoms with Crippen LogP contribution in [0.1, 0.15) is 5.69 Å². The van der Waals surface area contributed by atoms with E-state index in [4.69, 9.17) is 11.6 Å². The van der Waals surface area contributed by atoms with Crippen molar-refractivity contribution in [1.29, 1.82) is 0 Å². The van der Waals surface area contributed by atoms with Gasteiger partial charge in [0.05, 0.1) is 5.52 Å². The lowest BCUT2D eigenvalue weighted by Gasteiger charge is -2.20. The molecule has 0 fully saturated rings. The molecule has 1 aromatic carbocycles. The van der Waals surface area contributed by atoms with Crippen LogP contribution in [-0.4, -0.2) is 24.5 Å². The van der Waals surface area contributed by atoms with Gasteiger partial charge in [-0.05, 0) is 19.1 Å². The molecule has 0 amide bonds. The van der Waals surface area contributed by atoms with Gasteiger partial charge in [-0.2, -0.15) is 0 Å². The first-order valence-electron chi connectivity index (χ1n) is 5.36. The molecule has 0 bridgehead atoms. The first kappa shape index (κ1) is 11.2. The summed E-state index contributed by atoms with van der Waals surface area (Å²) >= 11 is 5.78. The molecule has 0 aliphatic carbocycles. The number of pyridine rings is 1. The zero-order valence-electron chi connectivity index (χ0n) is 9.57. The van der Waals surface area contributed by atoms with E-state index in [0.29, 0.717) is 5.88 Å². The Morgan fingerprint density at radius 3 is 2.81 bits per heavy atom. The minimum atomic E-state index is 0.631. The van der Waals surface area contributed by atoms with E-state index < -0.39 is 0 Å². The number of aryl methyl sites for hydroxylation is 1. The quantitative estimate of drug-likeness (QED) is 0.759. The zero-order chi connectivity index (χ0) is 11.5. The minimum Gasteiger partial charge on any atom is -0.373 e. The number of anilines is 1. The molecule has 3 heteroatoms. The van der Waals surface area contributed by atoms with Crippen LogP contribution in [-0.2, 0) is 0 Å². The summed E-state index contributed by atoms with van der Waals surface area (Å²) in [6.45, 7) is 2.86. The van der Waals surface area contributed by atoms with E-state index >= 15 is 0 Å². The smallest absolute Gasteiger partial charge is 0.0726 e. The van der Waals surface area contributed by atoms with Crippen molar-refractivity contribution in [3.05, 3.63) is 36.0 Å². The summed E-state index contributed by atoms with van der Waals surface area (Å²) in [5, 5.41) is 1.18. The van der Waals surface area contributed by atoms with E-state index in [9.17, 15) is 0 Å². The highest BCUT2D eigenvalue weighted by Crippen LogP contribution is 2.25. The fourth-order valence-electron chi connectivity index (χ4n) is 1.85. The highest BCUT2D eigenvalue weighted by Gasteiger charge is 2.07. The van der Waals surface area contributed by atoms with E-state index in [0.717, 1.165) is 17.8 Å². The van der Waals surface area contributed by atoms with Crippen molar-refractivity contribution < 1.29 is 0 Å². The van der Waals surface area contributed by atoms with Crippen LogP contribution < -0.4 is 4.90 Å². The summed E-state index contributed by atoms with van der Waals surface area (Å²) in [6, 6.07) is 10.3. The average molecular weight is 235 g/mol. The van der Waals surface area contributed by atoms with Gasteiger partial charge in [-0.15, -0.1) is 11.6 Å². The maximum Gasteiger partial charge on any atom is 0.0726 e. The fraction of sp³-hybridized carbons (Fsp3) is 0.308. The molecule has 0 saturated heterocycles. The third-order valence-electron chi connectivity index (χ3n) is 2.65. The Morgan fingerprint density at radius 2 is 2.06 bits per heavy atom. The molecule has 0 unspecified atom stereocenters. The molecular weight excluding hydrogens is 220 g/mol. The van der Waals surface area contributed by atoms with Crippen LogP contribution in [0.2, 0.25) is 0 Å². The number of nitrogens with zero attached hydrogens (tertiary/aromatic N) is 2. The topological polar surface area (TPSA) is 16.1 Å². The van der Waals surface area contributed by atoms with Crippen molar-refractivity contribution in [3.63, 3.8) is 0 Å². The number of rotatable bonds is 3. The molecule has 0 spiro atoms. The summed E-state index contributed by atoms with van der Waals surface area (Å²) in [7, 11) is 2.06. The van der Waals surface area contributed by atoms with Gasteiger partial charge >= 0.3 is 0 Å². The molecule has 0 radical (unpaired) electrons. The lowest BCUT2D eigenvalue weighted by atomic mass is 10.1. The molecule has 1 heterocycles. The summed E-state index contributed by atoms with van der Waals surface area (Å²) in [4.78, 5) is 6.69. The number of benzene rings is 1. The van der Waals surface area contributed by atoms with Crippen molar-refractivity contribution >= 4 is 28.2 Å². The summed E-state index contributed by atoms with van der Waals surface area (Å²) in [5.74, 6) is 0.631. The van der Waals surface area contributed by atoms with E-state index in [1.807, 2.05) is 25.1 Å². The van der Waals surface area contributed by atoms with Crippen molar-refractivity contribution in [2.24, 2.45) is 0 Å². The van der Waals surface area contributed by atoms with Gasteiger partial charge in [0.15, 0.2) is 0 Å². The number of fused-ring (bicyclic) bond motifs is 1. The third-order valence-corrected chi connectivity index (χ3v) is 2.82. The van der Waals surface area contributed by atoms with Crippen LogP contribution in [0.4, 0.5) is 5.69 Å². The normalized spacial score (nSPS) is 10.7. The maximum absolute atomic E-state index is 5.78. The van der Waals surface area contributed by atoms with E-state index in [2.05, 4.69) is 29.1 Å². The number of hydrogen-bond donors (Lipinski definition) is 0. The molecule has 2 rings (SSSR count). The Bertz CT molecular complexity index is 496. The predicted molar refractivity (Wildman–Crippen MR) is 70.5 cm³/mol. The lowest BCUT2D eigenvalue weighted by Crippen LogP contribution is -2.20. The molecule has 0 aliphatic heterocycles. The highest BCUT2D eigenvalue weighted by molar-refractivity contribution is 6.18. The lowest BCUT2D eigenvalue weighted by molar-refractivity contribution is 0.975. The highest BCUT2D eigenvalue weighted by atomic mass is 35.5. The Morgan fingerprint density at radius 1 is 1.31 bits per heavy atom. The first-order valence-corrected chi connectivity index (χ1v) is 5.89. The van der Waals surface area contributed by atoms with Gasteiger partial charge in [0.2, 0.25) is 0 Å². The number of aromatic nitrogens is 1. The Kier molecular flexibility index (Phi) is 3.30. The van der Waals surface area contributed by atoms with Gasteiger partial charge in [-0.25, -0.2) is 0 Å². The number of hydrogen-bond acceptors (Lipinski definition) is 2. The van der Waals surface area contributed by atoms with Gasteiger partial charge in [0.1, 0.15) is 0 Å². The Labute approximate surface area is 101 Å². The average Bonchev–Trinajstić information content (AvgIpc) is 2.28. The van der Waals surface area contributed by atoms with Crippen LogP contribution in [0.5, 0.6) is 0 Å². The summed E-state index contributed by atoms with van der Waals surface area (Å²) in [6.07, 6.45) is 0. The number of para-hydroxylation sites is 1. The van der Waals surface area contributed by atoms with Crippen LogP contribution in [0.15, 0.2) is 30.3 Å². The SMILES string of the molecule is Cc1cc(N(C)CCCl)c2ccccc2n1. The Balaban J connectivity index is 2.58. The molecular formula is C13H15ClN2. The van der Waals surface area contributed by atoms with Crippen molar-refractivity contribution in [2.75, 3.05) is 24.4 Å². The van der Waals surface area contributed by atoms with E-state index in [1.54, 1.807) is 0 Å². The Hall–Kier alpha value is -1.28.